The Hall–Kier alpha value is -2.41. The van der Waals surface area contributed by atoms with Crippen LogP contribution in [-0.4, -0.2) is 18.2 Å². The number of carbonyl (C=O) groups excluding carboxylic acids is 2. The van der Waals surface area contributed by atoms with Gasteiger partial charge in [-0.25, -0.2) is 0 Å². The molecule has 100 valence electrons. The Morgan fingerprint density at radius 1 is 1.45 bits per heavy atom. The fourth-order valence-corrected chi connectivity index (χ4v) is 3.11. The summed E-state index contributed by atoms with van der Waals surface area (Å²) in [6, 6.07) is 9.12. The molecule has 0 saturated carbocycles. The Morgan fingerprint density at radius 3 is 3.00 bits per heavy atom. The number of Topliss-reactive ketones (excluding diaryl/α,β-unsaturated/α-hetero) is 1. The highest BCUT2D eigenvalue weighted by atomic mass is 16.5. The number of ether oxygens (including phenoxy) is 1. The van der Waals surface area contributed by atoms with Crippen molar-refractivity contribution in [3.63, 3.8) is 0 Å². The molecule has 4 nitrogen and oxygen atoms in total. The molecular formula is C16H13NO3. The summed E-state index contributed by atoms with van der Waals surface area (Å²) in [5.41, 5.74) is -0.860. The van der Waals surface area contributed by atoms with E-state index in [2.05, 4.69) is 6.07 Å². The number of fused-ring (bicyclic) bond motifs is 2. The zero-order valence-corrected chi connectivity index (χ0v) is 10.8. The highest BCUT2D eigenvalue weighted by Crippen LogP contribution is 2.48. The van der Waals surface area contributed by atoms with Gasteiger partial charge in [0.15, 0.2) is 11.2 Å². The summed E-state index contributed by atoms with van der Waals surface area (Å²) in [5.74, 6) is -0.138. The molecule has 1 aliphatic carbocycles. The minimum absolute atomic E-state index is 0.151. The van der Waals surface area contributed by atoms with E-state index in [4.69, 9.17) is 4.74 Å². The Bertz CT molecular complexity index is 643. The molecule has 3 atom stereocenters. The Labute approximate surface area is 116 Å². The van der Waals surface area contributed by atoms with Gasteiger partial charge in [-0.1, -0.05) is 24.3 Å². The third-order valence-corrected chi connectivity index (χ3v) is 4.12. The van der Waals surface area contributed by atoms with Crippen LogP contribution in [0.1, 0.15) is 23.2 Å². The van der Waals surface area contributed by atoms with Crippen LogP contribution in [0.4, 0.5) is 0 Å². The summed E-state index contributed by atoms with van der Waals surface area (Å²) in [7, 11) is 0. The molecule has 0 amide bonds. The summed E-state index contributed by atoms with van der Waals surface area (Å²) in [6.45, 7) is 0. The van der Waals surface area contributed by atoms with Crippen molar-refractivity contribution in [3.05, 3.63) is 42.0 Å². The van der Waals surface area contributed by atoms with Crippen LogP contribution < -0.4 is 4.74 Å². The second-order valence-electron chi connectivity index (χ2n) is 5.09. The lowest BCUT2D eigenvalue weighted by Crippen LogP contribution is -2.53. The molecule has 1 aliphatic heterocycles. The SMILES string of the molecule is N#C[C@]12C(=O)c3ccccc3O[C@H]1CC=C[C@@H]2CC=O. The lowest BCUT2D eigenvalue weighted by molar-refractivity contribution is -0.109. The molecule has 0 fully saturated rings. The van der Waals surface area contributed by atoms with E-state index in [1.165, 1.54) is 0 Å². The molecule has 4 heteroatoms. The van der Waals surface area contributed by atoms with Crippen LogP contribution in [0.2, 0.25) is 0 Å². The number of rotatable bonds is 2. The van der Waals surface area contributed by atoms with Crippen LogP contribution in [0.25, 0.3) is 0 Å². The fourth-order valence-electron chi connectivity index (χ4n) is 3.11. The topological polar surface area (TPSA) is 67.2 Å². The maximum Gasteiger partial charge on any atom is 0.191 e. The Balaban J connectivity index is 2.17. The number of nitriles is 1. The molecule has 0 bridgehead atoms. The fraction of sp³-hybridized carbons (Fsp3) is 0.312. The predicted molar refractivity (Wildman–Crippen MR) is 71.2 cm³/mol. The Morgan fingerprint density at radius 2 is 2.25 bits per heavy atom. The number of aldehydes is 1. The zero-order chi connectivity index (χ0) is 14.2. The molecule has 1 aromatic carbocycles. The van der Waals surface area contributed by atoms with Crippen molar-refractivity contribution in [2.45, 2.75) is 18.9 Å². The van der Waals surface area contributed by atoms with Crippen LogP contribution in [0.5, 0.6) is 5.75 Å². The van der Waals surface area contributed by atoms with Gasteiger partial charge >= 0.3 is 0 Å². The van der Waals surface area contributed by atoms with Crippen molar-refractivity contribution in [2.75, 3.05) is 0 Å². The first-order valence-corrected chi connectivity index (χ1v) is 6.56. The summed E-state index contributed by atoms with van der Waals surface area (Å²) in [4.78, 5) is 23.7. The van der Waals surface area contributed by atoms with Gasteiger partial charge < -0.3 is 9.53 Å². The maximum absolute atomic E-state index is 12.8. The van der Waals surface area contributed by atoms with Crippen LogP contribution in [-0.2, 0) is 4.79 Å². The van der Waals surface area contributed by atoms with Gasteiger partial charge in [0.2, 0.25) is 0 Å². The summed E-state index contributed by atoms with van der Waals surface area (Å²) in [6.07, 6.45) is 4.56. The molecule has 2 aliphatic rings. The van der Waals surface area contributed by atoms with Crippen molar-refractivity contribution in [1.29, 1.82) is 5.26 Å². The number of nitrogens with zero attached hydrogens (tertiary/aromatic N) is 1. The lowest BCUT2D eigenvalue weighted by atomic mass is 9.62. The molecule has 20 heavy (non-hydrogen) atoms. The number of allylic oxidation sites excluding steroid dienone is 1. The molecule has 0 spiro atoms. The zero-order valence-electron chi connectivity index (χ0n) is 10.8. The first kappa shape index (κ1) is 12.6. The van der Waals surface area contributed by atoms with Crippen LogP contribution in [0.15, 0.2) is 36.4 Å². The number of benzene rings is 1. The maximum atomic E-state index is 12.8. The summed E-state index contributed by atoms with van der Waals surface area (Å²) < 4.78 is 5.87. The largest absolute Gasteiger partial charge is 0.487 e. The number of ketones is 1. The molecule has 0 radical (unpaired) electrons. The standard InChI is InChI=1S/C16H13NO3/c17-10-16-11(8-9-18)4-3-7-14(16)20-13-6-2-1-5-12(13)15(16)19/h1-6,9,11,14H,7-8H2/t11-,14+,16-/m1/s1. The van der Waals surface area contributed by atoms with E-state index >= 15 is 0 Å². The minimum Gasteiger partial charge on any atom is -0.487 e. The quantitative estimate of drug-likeness (QED) is 0.609. The first-order valence-electron chi connectivity index (χ1n) is 6.56. The van der Waals surface area contributed by atoms with Gasteiger partial charge in [-0.15, -0.1) is 0 Å². The van der Waals surface area contributed by atoms with Gasteiger partial charge in [0.05, 0.1) is 11.6 Å². The molecule has 0 saturated heterocycles. The highest BCUT2D eigenvalue weighted by molar-refractivity contribution is 6.06. The average Bonchev–Trinajstić information content (AvgIpc) is 2.48. The van der Waals surface area contributed by atoms with Crippen LogP contribution >= 0.6 is 0 Å². The smallest absolute Gasteiger partial charge is 0.191 e. The highest BCUT2D eigenvalue weighted by Gasteiger charge is 2.56. The molecule has 0 N–H and O–H groups in total. The van der Waals surface area contributed by atoms with Gasteiger partial charge in [-0.2, -0.15) is 5.26 Å². The third-order valence-electron chi connectivity index (χ3n) is 4.12. The molecular weight excluding hydrogens is 254 g/mol. The van der Waals surface area contributed by atoms with E-state index in [1.807, 2.05) is 6.08 Å². The minimum atomic E-state index is -1.29. The molecule has 1 heterocycles. The van der Waals surface area contributed by atoms with Crippen molar-refractivity contribution in [2.24, 2.45) is 11.3 Å². The predicted octanol–water partition coefficient (Wildman–Crippen LogP) is 2.31. The first-order chi connectivity index (χ1) is 9.74. The molecule has 1 aromatic rings. The number of carbonyl (C=O) groups is 2. The van der Waals surface area contributed by atoms with Crippen molar-refractivity contribution in [3.8, 4) is 11.8 Å². The summed E-state index contributed by atoms with van der Waals surface area (Å²) in [5, 5.41) is 9.67. The van der Waals surface area contributed by atoms with E-state index in [0.717, 1.165) is 6.29 Å². The van der Waals surface area contributed by atoms with Crippen molar-refractivity contribution >= 4 is 12.1 Å². The van der Waals surface area contributed by atoms with E-state index in [1.54, 1.807) is 30.3 Å². The van der Waals surface area contributed by atoms with Crippen molar-refractivity contribution in [1.82, 2.24) is 0 Å². The van der Waals surface area contributed by atoms with E-state index < -0.39 is 17.4 Å². The van der Waals surface area contributed by atoms with Crippen molar-refractivity contribution < 1.29 is 14.3 Å². The van der Waals surface area contributed by atoms with Crippen LogP contribution in [0, 0.1) is 22.7 Å². The average molecular weight is 267 g/mol. The van der Waals surface area contributed by atoms with Gasteiger partial charge in [-0.3, -0.25) is 4.79 Å². The second-order valence-corrected chi connectivity index (χ2v) is 5.09. The van der Waals surface area contributed by atoms with Crippen LogP contribution in [0.3, 0.4) is 0 Å². The second kappa shape index (κ2) is 4.61. The van der Waals surface area contributed by atoms with E-state index in [-0.39, 0.29) is 12.2 Å². The van der Waals surface area contributed by atoms with E-state index in [9.17, 15) is 14.9 Å². The Kier molecular flexibility index (Phi) is 2.90. The number of para-hydroxylation sites is 1. The molecule has 0 aromatic heterocycles. The summed E-state index contributed by atoms with van der Waals surface area (Å²) >= 11 is 0. The normalized spacial score (nSPS) is 30.6. The van der Waals surface area contributed by atoms with Gasteiger partial charge in [0, 0.05) is 18.8 Å². The van der Waals surface area contributed by atoms with Gasteiger partial charge in [-0.05, 0) is 12.1 Å². The monoisotopic (exact) mass is 267 g/mol. The van der Waals surface area contributed by atoms with E-state index in [0.29, 0.717) is 17.7 Å². The molecule has 0 unspecified atom stereocenters. The molecule has 3 rings (SSSR count). The van der Waals surface area contributed by atoms with Gasteiger partial charge in [0.25, 0.3) is 0 Å². The third kappa shape index (κ3) is 1.53. The lowest BCUT2D eigenvalue weighted by Gasteiger charge is -2.43. The van der Waals surface area contributed by atoms with Gasteiger partial charge in [0.1, 0.15) is 18.1 Å². The number of hydrogen-bond acceptors (Lipinski definition) is 4. The number of hydrogen-bond donors (Lipinski definition) is 0.